The molecule has 0 atom stereocenters. The van der Waals surface area contributed by atoms with Gasteiger partial charge < -0.3 is 15.5 Å². The van der Waals surface area contributed by atoms with Gasteiger partial charge in [-0.3, -0.25) is 0 Å². The minimum absolute atomic E-state index is 0.487. The fraction of sp³-hybridized carbons (Fsp3) is 0.545. The lowest BCUT2D eigenvalue weighted by molar-refractivity contribution is 0.271. The van der Waals surface area contributed by atoms with E-state index >= 15 is 0 Å². The number of likely N-dealkylation sites (N-methyl/N-ethyl adjacent to an activating group) is 1. The Labute approximate surface area is 119 Å². The van der Waals surface area contributed by atoms with Crippen LogP contribution in [0.5, 0.6) is 0 Å². The molecule has 1 aliphatic heterocycles. The molecule has 19 heavy (non-hydrogen) atoms. The van der Waals surface area contributed by atoms with Crippen LogP contribution in [0, 0.1) is 0 Å². The molecule has 6 nitrogen and oxygen atoms in total. The lowest BCUT2D eigenvalue weighted by atomic mass is 10.3. The second kappa shape index (κ2) is 5.40. The molecule has 3 heterocycles. The lowest BCUT2D eigenvalue weighted by Crippen LogP contribution is -2.46. The van der Waals surface area contributed by atoms with Crippen LogP contribution in [-0.2, 0) is 0 Å². The molecule has 102 valence electrons. The number of nitrogens with two attached hydrogens (primary N) is 1. The van der Waals surface area contributed by atoms with Crippen molar-refractivity contribution in [2.24, 2.45) is 0 Å². The molecule has 1 saturated heterocycles. The molecular formula is C11H16N6S2. The van der Waals surface area contributed by atoms with Gasteiger partial charge in [0.25, 0.3) is 0 Å². The van der Waals surface area contributed by atoms with Gasteiger partial charge >= 0.3 is 0 Å². The number of hydrogen-bond donors (Lipinski definition) is 1. The minimum Gasteiger partial charge on any atom is -0.374 e. The maximum atomic E-state index is 5.60. The van der Waals surface area contributed by atoms with E-state index in [1.807, 2.05) is 5.38 Å². The van der Waals surface area contributed by atoms with E-state index in [2.05, 4.69) is 31.9 Å². The van der Waals surface area contributed by atoms with Crippen LogP contribution in [0.2, 0.25) is 0 Å². The van der Waals surface area contributed by atoms with Crippen molar-refractivity contribution < 1.29 is 0 Å². The number of thiazole rings is 1. The average molecular weight is 296 g/mol. The molecule has 8 heteroatoms. The van der Waals surface area contributed by atoms with E-state index in [0.717, 1.165) is 48.6 Å². The van der Waals surface area contributed by atoms with Crippen LogP contribution in [-0.4, -0.2) is 52.8 Å². The van der Waals surface area contributed by atoms with Crippen molar-refractivity contribution in [3.05, 3.63) is 5.38 Å². The zero-order valence-corrected chi connectivity index (χ0v) is 12.4. The third-order valence-corrected chi connectivity index (χ3v) is 4.92. The maximum absolute atomic E-state index is 5.60. The summed E-state index contributed by atoms with van der Waals surface area (Å²) < 4.78 is 0. The van der Waals surface area contributed by atoms with Gasteiger partial charge in [0.15, 0.2) is 10.1 Å². The van der Waals surface area contributed by atoms with Crippen LogP contribution < -0.4 is 10.6 Å². The van der Waals surface area contributed by atoms with Crippen molar-refractivity contribution in [1.82, 2.24) is 20.1 Å². The van der Waals surface area contributed by atoms with E-state index in [0.29, 0.717) is 5.13 Å². The second-order valence-corrected chi connectivity index (χ2v) is 6.23. The number of aromatic nitrogens is 3. The molecule has 0 bridgehead atoms. The SMILES string of the molecule is CCN1CCN(c2nc(-c3nnc(N)s3)cs2)CC1. The Balaban J connectivity index is 1.72. The monoisotopic (exact) mass is 296 g/mol. The van der Waals surface area contributed by atoms with Gasteiger partial charge in [-0.25, -0.2) is 4.98 Å². The zero-order chi connectivity index (χ0) is 13.2. The Morgan fingerprint density at radius 1 is 1.26 bits per heavy atom. The number of piperazine rings is 1. The largest absolute Gasteiger partial charge is 0.374 e. The maximum Gasteiger partial charge on any atom is 0.203 e. The standard InChI is InChI=1S/C11H16N6S2/c1-2-16-3-5-17(6-4-16)11-13-8(7-18-11)9-14-15-10(12)19-9/h7H,2-6H2,1H3,(H2,12,15). The number of hydrogen-bond acceptors (Lipinski definition) is 8. The molecule has 0 spiro atoms. The highest BCUT2D eigenvalue weighted by atomic mass is 32.1. The number of nitrogen functional groups attached to an aromatic ring is 1. The van der Waals surface area contributed by atoms with Gasteiger partial charge in [-0.15, -0.1) is 21.5 Å². The van der Waals surface area contributed by atoms with E-state index in [1.165, 1.54) is 11.3 Å². The van der Waals surface area contributed by atoms with E-state index in [4.69, 9.17) is 5.73 Å². The second-order valence-electron chi connectivity index (χ2n) is 4.38. The molecule has 0 aromatic carbocycles. The first-order valence-corrected chi connectivity index (χ1v) is 7.98. The summed E-state index contributed by atoms with van der Waals surface area (Å²) in [4.78, 5) is 9.44. The molecule has 3 rings (SSSR count). The van der Waals surface area contributed by atoms with Gasteiger partial charge in [0.05, 0.1) is 0 Å². The highest BCUT2D eigenvalue weighted by Gasteiger charge is 2.19. The van der Waals surface area contributed by atoms with Crippen LogP contribution in [0.25, 0.3) is 10.7 Å². The summed E-state index contributed by atoms with van der Waals surface area (Å²) in [6.07, 6.45) is 0. The highest BCUT2D eigenvalue weighted by Crippen LogP contribution is 2.30. The lowest BCUT2D eigenvalue weighted by Gasteiger charge is -2.33. The molecule has 2 N–H and O–H groups in total. The molecule has 0 aliphatic carbocycles. The van der Waals surface area contributed by atoms with Crippen molar-refractivity contribution in [3.8, 4) is 10.7 Å². The van der Waals surface area contributed by atoms with E-state index in [9.17, 15) is 0 Å². The minimum atomic E-state index is 0.487. The molecule has 0 amide bonds. The Bertz CT molecular complexity index is 543. The smallest absolute Gasteiger partial charge is 0.203 e. The molecule has 2 aromatic rings. The summed E-state index contributed by atoms with van der Waals surface area (Å²) in [5, 5.41) is 12.2. The zero-order valence-electron chi connectivity index (χ0n) is 10.7. The first-order valence-electron chi connectivity index (χ1n) is 6.28. The first-order chi connectivity index (χ1) is 9.26. The number of rotatable bonds is 3. The topological polar surface area (TPSA) is 71.2 Å². The summed E-state index contributed by atoms with van der Waals surface area (Å²) in [7, 11) is 0. The van der Waals surface area contributed by atoms with Gasteiger partial charge in [-0.1, -0.05) is 18.3 Å². The van der Waals surface area contributed by atoms with Crippen molar-refractivity contribution >= 4 is 32.9 Å². The molecular weight excluding hydrogens is 280 g/mol. The van der Waals surface area contributed by atoms with E-state index in [1.54, 1.807) is 11.3 Å². The predicted molar refractivity (Wildman–Crippen MR) is 79.8 cm³/mol. The average Bonchev–Trinajstić information content (AvgIpc) is 3.07. The van der Waals surface area contributed by atoms with E-state index in [-0.39, 0.29) is 0 Å². The fourth-order valence-corrected chi connectivity index (χ4v) is 3.61. The number of anilines is 2. The van der Waals surface area contributed by atoms with Crippen molar-refractivity contribution in [2.75, 3.05) is 43.4 Å². The normalized spacial score (nSPS) is 17.0. The van der Waals surface area contributed by atoms with Gasteiger partial charge in [0, 0.05) is 31.6 Å². The summed E-state index contributed by atoms with van der Waals surface area (Å²) in [5.74, 6) is 0. The summed E-state index contributed by atoms with van der Waals surface area (Å²) in [6, 6.07) is 0. The summed E-state index contributed by atoms with van der Waals surface area (Å²) in [6.45, 7) is 7.63. The van der Waals surface area contributed by atoms with Crippen LogP contribution in [0.15, 0.2) is 5.38 Å². The Morgan fingerprint density at radius 3 is 2.68 bits per heavy atom. The number of nitrogens with zero attached hydrogens (tertiary/aromatic N) is 5. The molecule has 0 unspecified atom stereocenters. The molecule has 0 saturated carbocycles. The predicted octanol–water partition coefficient (Wildman–Crippen LogP) is 1.39. The first kappa shape index (κ1) is 12.8. The van der Waals surface area contributed by atoms with Gasteiger partial charge in [0.1, 0.15) is 5.69 Å². The van der Waals surface area contributed by atoms with Crippen LogP contribution in [0.3, 0.4) is 0 Å². The van der Waals surface area contributed by atoms with Gasteiger partial charge in [0.2, 0.25) is 5.13 Å². The van der Waals surface area contributed by atoms with Crippen molar-refractivity contribution in [3.63, 3.8) is 0 Å². The van der Waals surface area contributed by atoms with E-state index < -0.39 is 0 Å². The highest BCUT2D eigenvalue weighted by molar-refractivity contribution is 7.19. The third kappa shape index (κ3) is 2.70. The quantitative estimate of drug-likeness (QED) is 0.923. The van der Waals surface area contributed by atoms with Crippen LogP contribution >= 0.6 is 22.7 Å². The molecule has 2 aromatic heterocycles. The van der Waals surface area contributed by atoms with Crippen molar-refractivity contribution in [2.45, 2.75) is 6.92 Å². The molecule has 0 radical (unpaired) electrons. The van der Waals surface area contributed by atoms with Crippen LogP contribution in [0.4, 0.5) is 10.3 Å². The Morgan fingerprint density at radius 2 is 2.05 bits per heavy atom. The van der Waals surface area contributed by atoms with Gasteiger partial charge in [-0.05, 0) is 6.54 Å². The Kier molecular flexibility index (Phi) is 3.63. The van der Waals surface area contributed by atoms with Crippen molar-refractivity contribution in [1.29, 1.82) is 0 Å². The third-order valence-electron chi connectivity index (χ3n) is 3.24. The Hall–Kier alpha value is -1.25. The fourth-order valence-electron chi connectivity index (χ4n) is 2.10. The van der Waals surface area contributed by atoms with Gasteiger partial charge in [-0.2, -0.15) is 0 Å². The molecule has 1 aliphatic rings. The summed E-state index contributed by atoms with van der Waals surface area (Å²) >= 11 is 3.04. The molecule has 1 fully saturated rings. The summed E-state index contributed by atoms with van der Waals surface area (Å²) in [5.41, 5.74) is 6.48. The van der Waals surface area contributed by atoms with Crippen LogP contribution in [0.1, 0.15) is 6.92 Å².